The van der Waals surface area contributed by atoms with E-state index in [0.717, 1.165) is 29.8 Å². The third-order valence-corrected chi connectivity index (χ3v) is 3.48. The number of hydrogen-bond donors (Lipinski definition) is 1. The van der Waals surface area contributed by atoms with Crippen LogP contribution in [0.4, 0.5) is 0 Å². The molecule has 19 heavy (non-hydrogen) atoms. The van der Waals surface area contributed by atoms with Crippen LogP contribution in [0.25, 0.3) is 0 Å². The van der Waals surface area contributed by atoms with Gasteiger partial charge in [-0.15, -0.1) is 0 Å². The summed E-state index contributed by atoms with van der Waals surface area (Å²) < 4.78 is 6.77. The second kappa shape index (κ2) is 8.60. The summed E-state index contributed by atoms with van der Waals surface area (Å²) >= 11 is 3.48. The first-order valence-electron chi connectivity index (χ1n) is 7.11. The lowest BCUT2D eigenvalue weighted by Gasteiger charge is -2.20. The predicted molar refractivity (Wildman–Crippen MR) is 85.9 cm³/mol. The van der Waals surface area contributed by atoms with Crippen molar-refractivity contribution < 1.29 is 4.74 Å². The highest BCUT2D eigenvalue weighted by Gasteiger charge is 2.06. The molecule has 0 unspecified atom stereocenters. The molecule has 0 saturated heterocycles. The fourth-order valence-electron chi connectivity index (χ4n) is 1.79. The lowest BCUT2D eigenvalue weighted by Crippen LogP contribution is -2.36. The molecule has 3 heteroatoms. The molecule has 0 spiro atoms. The van der Waals surface area contributed by atoms with Gasteiger partial charge >= 0.3 is 0 Å². The van der Waals surface area contributed by atoms with Gasteiger partial charge < -0.3 is 10.1 Å². The molecular formula is C16H26BrNO. The average molecular weight is 328 g/mol. The van der Waals surface area contributed by atoms with Crippen molar-refractivity contribution in [3.05, 3.63) is 28.7 Å². The van der Waals surface area contributed by atoms with Crippen molar-refractivity contribution in [3.63, 3.8) is 0 Å². The highest BCUT2D eigenvalue weighted by atomic mass is 79.9. The van der Waals surface area contributed by atoms with Gasteiger partial charge in [0.1, 0.15) is 5.75 Å². The van der Waals surface area contributed by atoms with Gasteiger partial charge in [-0.2, -0.15) is 0 Å². The van der Waals surface area contributed by atoms with Gasteiger partial charge in [-0.1, -0.05) is 25.0 Å². The summed E-state index contributed by atoms with van der Waals surface area (Å²) in [5, 5.41) is 3.51. The third kappa shape index (κ3) is 8.27. The van der Waals surface area contributed by atoms with Crippen LogP contribution in [0.15, 0.2) is 28.7 Å². The topological polar surface area (TPSA) is 21.3 Å². The number of unbranched alkanes of at least 4 members (excludes halogenated alkanes) is 3. The summed E-state index contributed by atoms with van der Waals surface area (Å²) in [5.41, 5.74) is 0.239. The van der Waals surface area contributed by atoms with E-state index in [1.807, 2.05) is 24.3 Å². The lowest BCUT2D eigenvalue weighted by molar-refractivity contribution is 0.302. The molecule has 0 saturated carbocycles. The predicted octanol–water partition coefficient (Wildman–Crippen LogP) is 4.78. The van der Waals surface area contributed by atoms with E-state index in [2.05, 4.69) is 42.0 Å². The minimum Gasteiger partial charge on any atom is -0.492 e. The monoisotopic (exact) mass is 327 g/mol. The molecule has 2 nitrogen and oxygen atoms in total. The molecule has 0 atom stereocenters. The van der Waals surface area contributed by atoms with Crippen molar-refractivity contribution in [3.8, 4) is 5.75 Å². The molecule has 0 aromatic heterocycles. The zero-order valence-corrected chi connectivity index (χ0v) is 13.9. The number of para-hydroxylation sites is 1. The molecule has 0 fully saturated rings. The van der Waals surface area contributed by atoms with Gasteiger partial charge in [0.05, 0.1) is 11.1 Å². The van der Waals surface area contributed by atoms with E-state index in [-0.39, 0.29) is 5.54 Å². The average Bonchev–Trinajstić information content (AvgIpc) is 2.33. The number of benzene rings is 1. The van der Waals surface area contributed by atoms with Crippen LogP contribution in [0.3, 0.4) is 0 Å². The molecule has 1 rings (SSSR count). The van der Waals surface area contributed by atoms with Crippen LogP contribution in [0.5, 0.6) is 5.75 Å². The first kappa shape index (κ1) is 16.5. The Morgan fingerprint density at radius 3 is 2.42 bits per heavy atom. The standard InChI is InChI=1S/C16H26BrNO/c1-16(2,3)18-12-8-4-5-9-13-19-15-11-7-6-10-14(15)17/h6-7,10-11,18H,4-5,8-9,12-13H2,1-3H3. The molecule has 0 radical (unpaired) electrons. The van der Waals surface area contributed by atoms with Crippen molar-refractivity contribution >= 4 is 15.9 Å². The van der Waals surface area contributed by atoms with Crippen LogP contribution in [-0.4, -0.2) is 18.7 Å². The first-order valence-corrected chi connectivity index (χ1v) is 7.91. The summed E-state index contributed by atoms with van der Waals surface area (Å²) in [7, 11) is 0. The molecule has 0 aliphatic rings. The molecule has 0 bridgehead atoms. The van der Waals surface area contributed by atoms with Crippen molar-refractivity contribution in [1.82, 2.24) is 5.32 Å². The summed E-state index contributed by atoms with van der Waals surface area (Å²) in [4.78, 5) is 0. The van der Waals surface area contributed by atoms with Gasteiger partial charge in [-0.3, -0.25) is 0 Å². The highest BCUT2D eigenvalue weighted by Crippen LogP contribution is 2.23. The Morgan fingerprint density at radius 1 is 1.05 bits per heavy atom. The molecular weight excluding hydrogens is 302 g/mol. The first-order chi connectivity index (χ1) is 8.99. The van der Waals surface area contributed by atoms with Gasteiger partial charge in [-0.05, 0) is 68.2 Å². The van der Waals surface area contributed by atoms with E-state index in [1.54, 1.807) is 0 Å². The smallest absolute Gasteiger partial charge is 0.133 e. The van der Waals surface area contributed by atoms with Crippen molar-refractivity contribution in [2.45, 2.75) is 52.0 Å². The van der Waals surface area contributed by atoms with Gasteiger partial charge in [0.2, 0.25) is 0 Å². The third-order valence-electron chi connectivity index (χ3n) is 2.82. The van der Waals surface area contributed by atoms with E-state index in [1.165, 1.54) is 19.3 Å². The molecule has 108 valence electrons. The summed E-state index contributed by atoms with van der Waals surface area (Å²) in [6.07, 6.45) is 4.86. The zero-order valence-electron chi connectivity index (χ0n) is 12.3. The Hall–Kier alpha value is -0.540. The van der Waals surface area contributed by atoms with Crippen LogP contribution >= 0.6 is 15.9 Å². The summed E-state index contributed by atoms with van der Waals surface area (Å²) in [6.45, 7) is 8.53. The normalized spacial score (nSPS) is 11.6. The second-order valence-electron chi connectivity index (χ2n) is 5.87. The number of hydrogen-bond acceptors (Lipinski definition) is 2. The molecule has 0 aliphatic carbocycles. The van der Waals surface area contributed by atoms with Crippen LogP contribution < -0.4 is 10.1 Å². The number of rotatable bonds is 8. The maximum Gasteiger partial charge on any atom is 0.133 e. The maximum absolute atomic E-state index is 5.74. The van der Waals surface area contributed by atoms with Gasteiger partial charge in [0.25, 0.3) is 0 Å². The van der Waals surface area contributed by atoms with E-state index in [0.29, 0.717) is 0 Å². The Morgan fingerprint density at radius 2 is 1.74 bits per heavy atom. The largest absolute Gasteiger partial charge is 0.492 e. The Bertz CT molecular complexity index is 360. The fourth-order valence-corrected chi connectivity index (χ4v) is 2.19. The van der Waals surface area contributed by atoms with Crippen LogP contribution in [0.1, 0.15) is 46.5 Å². The van der Waals surface area contributed by atoms with E-state index in [4.69, 9.17) is 4.74 Å². The Labute approximate surface area is 126 Å². The number of ether oxygens (including phenoxy) is 1. The van der Waals surface area contributed by atoms with Crippen LogP contribution in [-0.2, 0) is 0 Å². The molecule has 0 heterocycles. The molecule has 1 aromatic carbocycles. The van der Waals surface area contributed by atoms with Crippen molar-refractivity contribution in [2.24, 2.45) is 0 Å². The van der Waals surface area contributed by atoms with E-state index in [9.17, 15) is 0 Å². The number of halogens is 1. The second-order valence-corrected chi connectivity index (χ2v) is 6.72. The fraction of sp³-hybridized carbons (Fsp3) is 0.625. The highest BCUT2D eigenvalue weighted by molar-refractivity contribution is 9.10. The lowest BCUT2D eigenvalue weighted by atomic mass is 10.1. The zero-order chi connectivity index (χ0) is 14.1. The molecule has 0 amide bonds. The van der Waals surface area contributed by atoms with Crippen LogP contribution in [0, 0.1) is 0 Å². The van der Waals surface area contributed by atoms with Crippen molar-refractivity contribution in [1.29, 1.82) is 0 Å². The maximum atomic E-state index is 5.74. The molecule has 0 aliphatic heterocycles. The molecule has 1 aromatic rings. The minimum atomic E-state index is 0.239. The summed E-state index contributed by atoms with van der Waals surface area (Å²) in [6, 6.07) is 8.00. The van der Waals surface area contributed by atoms with Gasteiger partial charge in [0, 0.05) is 5.54 Å². The molecule has 1 N–H and O–H groups in total. The quantitative estimate of drug-likeness (QED) is 0.694. The SMILES string of the molecule is CC(C)(C)NCCCCCCOc1ccccc1Br. The Kier molecular flexibility index (Phi) is 7.47. The minimum absolute atomic E-state index is 0.239. The van der Waals surface area contributed by atoms with Crippen molar-refractivity contribution in [2.75, 3.05) is 13.2 Å². The van der Waals surface area contributed by atoms with E-state index >= 15 is 0 Å². The van der Waals surface area contributed by atoms with Gasteiger partial charge in [0.15, 0.2) is 0 Å². The Balaban J connectivity index is 1.99. The van der Waals surface area contributed by atoms with Crippen LogP contribution in [0.2, 0.25) is 0 Å². The van der Waals surface area contributed by atoms with E-state index < -0.39 is 0 Å². The number of nitrogens with one attached hydrogen (secondary N) is 1. The summed E-state index contributed by atoms with van der Waals surface area (Å²) in [5.74, 6) is 0.942. The van der Waals surface area contributed by atoms with Gasteiger partial charge in [-0.25, -0.2) is 0 Å².